The summed E-state index contributed by atoms with van der Waals surface area (Å²) in [5, 5.41) is 0. The molecule has 0 spiro atoms. The maximum absolute atomic E-state index is 12.5. The Hall–Kier alpha value is -3.32. The zero-order valence-corrected chi connectivity index (χ0v) is 22.4. The minimum Gasteiger partial charge on any atom is -0.494 e. The number of carbonyl (C=O) groups excluding carboxylic acids is 2. The predicted octanol–water partition coefficient (Wildman–Crippen LogP) is 6.41. The first-order valence-corrected chi connectivity index (χ1v) is 13.5. The number of hydrogen-bond donors (Lipinski definition) is 0. The third kappa shape index (κ3) is 10.6. The molecule has 1 aliphatic carbocycles. The second kappa shape index (κ2) is 16.5. The molecular formula is C31H40O7. The minimum atomic E-state index is -0.421. The normalized spacial score (nSPS) is 16.9. The number of unbranched alkanes of at least 4 members (excludes halogenated alkanes) is 3. The van der Waals surface area contributed by atoms with Crippen molar-refractivity contribution in [2.75, 3.05) is 33.5 Å². The summed E-state index contributed by atoms with van der Waals surface area (Å²) < 4.78 is 27.4. The summed E-state index contributed by atoms with van der Waals surface area (Å²) in [6.07, 6.45) is 9.57. The fourth-order valence-electron chi connectivity index (χ4n) is 4.45. The van der Waals surface area contributed by atoms with Crippen molar-refractivity contribution in [3.63, 3.8) is 0 Å². The van der Waals surface area contributed by atoms with Gasteiger partial charge in [0.1, 0.15) is 17.2 Å². The van der Waals surface area contributed by atoms with Crippen LogP contribution < -0.4 is 14.2 Å². The molecule has 2 aromatic carbocycles. The van der Waals surface area contributed by atoms with E-state index in [4.69, 9.17) is 23.7 Å². The molecule has 0 bridgehead atoms. The Morgan fingerprint density at radius 2 is 1.32 bits per heavy atom. The fourth-order valence-corrected chi connectivity index (χ4v) is 4.45. The molecule has 0 saturated heterocycles. The van der Waals surface area contributed by atoms with Gasteiger partial charge in [0.2, 0.25) is 0 Å². The molecule has 0 unspecified atom stereocenters. The van der Waals surface area contributed by atoms with Gasteiger partial charge in [0.25, 0.3) is 0 Å². The lowest BCUT2D eigenvalue weighted by Crippen LogP contribution is -2.22. The van der Waals surface area contributed by atoms with Crippen LogP contribution in [-0.2, 0) is 14.3 Å². The Morgan fingerprint density at radius 3 is 1.95 bits per heavy atom. The first-order chi connectivity index (χ1) is 18.6. The van der Waals surface area contributed by atoms with Gasteiger partial charge in [-0.25, -0.2) is 9.59 Å². The summed E-state index contributed by atoms with van der Waals surface area (Å²) >= 11 is 0. The molecule has 3 rings (SSSR count). The van der Waals surface area contributed by atoms with E-state index in [-0.39, 0.29) is 5.97 Å². The monoisotopic (exact) mass is 524 g/mol. The summed E-state index contributed by atoms with van der Waals surface area (Å²) in [5.74, 6) is 2.41. The van der Waals surface area contributed by atoms with Crippen molar-refractivity contribution >= 4 is 11.9 Å². The van der Waals surface area contributed by atoms with Crippen LogP contribution in [0.3, 0.4) is 0 Å². The number of benzene rings is 2. The Bertz CT molecular complexity index is 976. The molecule has 0 radical (unpaired) electrons. The van der Waals surface area contributed by atoms with Crippen LogP contribution in [0.2, 0.25) is 0 Å². The van der Waals surface area contributed by atoms with Crippen LogP contribution in [0.5, 0.6) is 17.2 Å². The van der Waals surface area contributed by atoms with Crippen molar-refractivity contribution in [1.82, 2.24) is 0 Å². The Balaban J connectivity index is 1.31. The molecular weight excluding hydrogens is 484 g/mol. The van der Waals surface area contributed by atoms with Gasteiger partial charge >= 0.3 is 11.9 Å². The van der Waals surface area contributed by atoms with Crippen LogP contribution in [0.25, 0.3) is 0 Å². The Morgan fingerprint density at radius 1 is 0.763 bits per heavy atom. The van der Waals surface area contributed by atoms with E-state index >= 15 is 0 Å². The number of esters is 2. The van der Waals surface area contributed by atoms with E-state index in [0.717, 1.165) is 38.0 Å². The maximum atomic E-state index is 12.5. The highest BCUT2D eigenvalue weighted by Crippen LogP contribution is 2.30. The van der Waals surface area contributed by atoms with Crippen LogP contribution in [-0.4, -0.2) is 45.5 Å². The van der Waals surface area contributed by atoms with E-state index in [0.29, 0.717) is 48.7 Å². The highest BCUT2D eigenvalue weighted by molar-refractivity contribution is 5.91. The van der Waals surface area contributed by atoms with E-state index in [1.807, 2.05) is 12.1 Å². The van der Waals surface area contributed by atoms with E-state index in [1.54, 1.807) is 43.5 Å². The molecule has 0 heterocycles. The molecule has 1 aliphatic rings. The van der Waals surface area contributed by atoms with Crippen molar-refractivity contribution in [2.45, 2.75) is 51.4 Å². The molecule has 38 heavy (non-hydrogen) atoms. The van der Waals surface area contributed by atoms with Crippen molar-refractivity contribution < 1.29 is 33.3 Å². The van der Waals surface area contributed by atoms with Gasteiger partial charge in [-0.1, -0.05) is 6.58 Å². The predicted molar refractivity (Wildman–Crippen MR) is 146 cm³/mol. The third-order valence-electron chi connectivity index (χ3n) is 6.70. The van der Waals surface area contributed by atoms with Crippen LogP contribution in [0.1, 0.15) is 61.7 Å². The number of ether oxygens (including phenoxy) is 5. The average molecular weight is 525 g/mol. The lowest BCUT2D eigenvalue weighted by Gasteiger charge is -2.27. The zero-order valence-electron chi connectivity index (χ0n) is 22.4. The van der Waals surface area contributed by atoms with Crippen LogP contribution in [0.4, 0.5) is 0 Å². The van der Waals surface area contributed by atoms with E-state index < -0.39 is 5.97 Å². The van der Waals surface area contributed by atoms with Gasteiger partial charge in [0, 0.05) is 19.8 Å². The van der Waals surface area contributed by atoms with E-state index in [2.05, 4.69) is 6.58 Å². The number of carbonyl (C=O) groups is 2. The lowest BCUT2D eigenvalue weighted by atomic mass is 9.83. The summed E-state index contributed by atoms with van der Waals surface area (Å²) in [7, 11) is 1.77. The molecule has 2 aromatic rings. The smallest absolute Gasteiger partial charge is 0.343 e. The molecule has 7 heteroatoms. The zero-order chi connectivity index (χ0) is 27.0. The van der Waals surface area contributed by atoms with Crippen molar-refractivity contribution in [3.05, 3.63) is 66.7 Å². The average Bonchev–Trinajstić information content (AvgIpc) is 2.95. The lowest BCUT2D eigenvalue weighted by molar-refractivity contribution is -0.137. The summed E-state index contributed by atoms with van der Waals surface area (Å²) in [5.41, 5.74) is 0.454. The molecule has 0 N–H and O–H groups in total. The quantitative estimate of drug-likeness (QED) is 0.109. The standard InChI is InChI=1S/C31H40O7/c1-3-30(32)36-21-7-5-4-6-20-35-27-14-12-26(13-15-27)31(33)38-29-18-16-28(17-19-29)37-23-25-10-8-24(9-11-25)22-34-2/h3,12-19,24-25H,1,4-11,20-23H2,2H3. The summed E-state index contributed by atoms with van der Waals surface area (Å²) in [6, 6.07) is 14.1. The third-order valence-corrected chi connectivity index (χ3v) is 6.70. The minimum absolute atomic E-state index is 0.384. The molecule has 0 aromatic heterocycles. The maximum Gasteiger partial charge on any atom is 0.343 e. The highest BCUT2D eigenvalue weighted by Gasteiger charge is 2.21. The van der Waals surface area contributed by atoms with E-state index in [1.165, 1.54) is 31.8 Å². The molecule has 1 fully saturated rings. The molecule has 7 nitrogen and oxygen atoms in total. The summed E-state index contributed by atoms with van der Waals surface area (Å²) in [6.45, 7) is 5.92. The van der Waals surface area contributed by atoms with Gasteiger partial charge in [-0.3, -0.25) is 0 Å². The first-order valence-electron chi connectivity index (χ1n) is 13.5. The molecule has 0 atom stereocenters. The molecule has 0 amide bonds. The molecule has 1 saturated carbocycles. The van der Waals surface area contributed by atoms with Gasteiger partial charge in [-0.2, -0.15) is 0 Å². The fraction of sp³-hybridized carbons (Fsp3) is 0.484. The highest BCUT2D eigenvalue weighted by atomic mass is 16.5. The van der Waals surface area contributed by atoms with Gasteiger partial charge in [0.15, 0.2) is 0 Å². The van der Waals surface area contributed by atoms with Gasteiger partial charge in [-0.05, 0) is 112 Å². The van der Waals surface area contributed by atoms with Crippen LogP contribution in [0, 0.1) is 11.8 Å². The van der Waals surface area contributed by atoms with Crippen molar-refractivity contribution in [1.29, 1.82) is 0 Å². The van der Waals surface area contributed by atoms with Crippen LogP contribution in [0.15, 0.2) is 61.2 Å². The first kappa shape index (κ1) is 29.2. The van der Waals surface area contributed by atoms with Gasteiger partial charge < -0.3 is 23.7 Å². The SMILES string of the molecule is C=CC(=O)OCCCCCCOc1ccc(C(=O)Oc2ccc(OCC3CCC(COC)CC3)cc2)cc1. The topological polar surface area (TPSA) is 80.3 Å². The second-order valence-electron chi connectivity index (χ2n) is 9.67. The number of hydrogen-bond acceptors (Lipinski definition) is 7. The summed E-state index contributed by atoms with van der Waals surface area (Å²) in [4.78, 5) is 23.5. The number of methoxy groups -OCH3 is 1. The van der Waals surface area contributed by atoms with Crippen molar-refractivity contribution in [3.8, 4) is 17.2 Å². The molecule has 206 valence electrons. The largest absolute Gasteiger partial charge is 0.494 e. The Labute approximate surface area is 226 Å². The van der Waals surface area contributed by atoms with Gasteiger partial charge in [-0.15, -0.1) is 0 Å². The molecule has 0 aliphatic heterocycles. The van der Waals surface area contributed by atoms with Crippen LogP contribution >= 0.6 is 0 Å². The van der Waals surface area contributed by atoms with Gasteiger partial charge in [0.05, 0.1) is 25.4 Å². The second-order valence-corrected chi connectivity index (χ2v) is 9.67. The Kier molecular flexibility index (Phi) is 12.7. The number of rotatable bonds is 16. The van der Waals surface area contributed by atoms with Crippen molar-refractivity contribution in [2.24, 2.45) is 11.8 Å². The van der Waals surface area contributed by atoms with E-state index in [9.17, 15) is 9.59 Å².